The molecule has 0 aliphatic carbocycles. The maximum absolute atomic E-state index is 10.7. The molecule has 0 spiro atoms. The van der Waals surface area contributed by atoms with Crippen LogP contribution < -0.4 is 0 Å². The van der Waals surface area contributed by atoms with Gasteiger partial charge in [0.1, 0.15) is 0 Å². The predicted molar refractivity (Wildman–Crippen MR) is 46.4 cm³/mol. The van der Waals surface area contributed by atoms with Gasteiger partial charge in [-0.15, -0.1) is 0 Å². The van der Waals surface area contributed by atoms with E-state index in [1.54, 1.807) is 0 Å². The Balaban J connectivity index is 4.05. The fourth-order valence-corrected chi connectivity index (χ4v) is 1.81. The normalized spacial score (nSPS) is 10.0. The third kappa shape index (κ3) is 6.15. The fraction of sp³-hybridized carbons (Fsp3) is 0.625. The molecule has 0 fully saturated rings. The first-order valence-electron chi connectivity index (χ1n) is 3.51. The number of carbonyl (C=O) groups is 1. The molecule has 0 aromatic rings. The van der Waals surface area contributed by atoms with Gasteiger partial charge in [0, 0.05) is 0 Å². The molecule has 0 unspecified atom stereocenters. The summed E-state index contributed by atoms with van der Waals surface area (Å²) in [5.41, 5.74) is 0. The Labute approximate surface area is 67.1 Å². The molecule has 0 rings (SSSR count). The topological polar surface area (TPSA) is 17.1 Å². The molecule has 2 heteroatoms. The summed E-state index contributed by atoms with van der Waals surface area (Å²) < 4.78 is 3.08. The van der Waals surface area contributed by atoms with E-state index in [1.165, 1.54) is 0 Å². The predicted octanol–water partition coefficient (Wildman–Crippen LogP) is 1.85. The molecule has 56 valence electrons. The van der Waals surface area contributed by atoms with E-state index in [-0.39, 0.29) is 5.78 Å². The molecule has 0 amide bonds. The number of Topliss-reactive ketones (excluding diaryl/α,β-unsaturated/α-hetero) is 1. The third-order valence-corrected chi connectivity index (χ3v) is 3.40. The minimum absolute atomic E-state index is 0.0756. The van der Waals surface area contributed by atoms with E-state index in [0.717, 1.165) is 0 Å². The van der Waals surface area contributed by atoms with Gasteiger partial charge in [-0.25, -0.2) is 0 Å². The first kappa shape index (κ1) is 10.0. The van der Waals surface area contributed by atoms with Crippen molar-refractivity contribution in [2.75, 3.05) is 0 Å². The summed E-state index contributed by atoms with van der Waals surface area (Å²) in [6, 6.07) is 0. The quantitative estimate of drug-likeness (QED) is 0.508. The van der Waals surface area contributed by atoms with Crippen LogP contribution in [-0.4, -0.2) is 24.2 Å². The standard InChI is InChI=1S/C5H5O.3CH3.Sn/c1-3-5(6)4-2;;;;/h3H2,1H3;3*1H3;. The van der Waals surface area contributed by atoms with Crippen molar-refractivity contribution in [1.82, 2.24) is 0 Å². The summed E-state index contributed by atoms with van der Waals surface area (Å²) >= 11 is -1.97. The van der Waals surface area contributed by atoms with Gasteiger partial charge < -0.3 is 0 Å². The molecule has 10 heavy (non-hydrogen) atoms. The molecule has 1 nitrogen and oxygen atoms in total. The Kier molecular flexibility index (Phi) is 4.03. The molecule has 0 aliphatic rings. The number of carbonyl (C=O) groups excluding carboxylic acids is 1. The van der Waals surface area contributed by atoms with Gasteiger partial charge in [-0.05, 0) is 0 Å². The SMILES string of the molecule is CCC(=O)C#[C][Sn]([CH3])([CH3])[CH3]. The van der Waals surface area contributed by atoms with Gasteiger partial charge in [0.2, 0.25) is 0 Å². The zero-order valence-corrected chi connectivity index (χ0v) is 9.97. The summed E-state index contributed by atoms with van der Waals surface area (Å²) in [6.45, 7) is 1.84. The van der Waals surface area contributed by atoms with Crippen LogP contribution in [0.15, 0.2) is 0 Å². The zero-order chi connectivity index (χ0) is 8.20. The summed E-state index contributed by atoms with van der Waals surface area (Å²) in [5.74, 6) is 2.75. The van der Waals surface area contributed by atoms with E-state index in [9.17, 15) is 4.79 Å². The molecular formula is C8H14OSn. The summed E-state index contributed by atoms with van der Waals surface area (Å²) in [4.78, 5) is 17.3. The van der Waals surface area contributed by atoms with Crippen LogP contribution in [0.25, 0.3) is 0 Å². The van der Waals surface area contributed by atoms with Crippen LogP contribution >= 0.6 is 0 Å². The van der Waals surface area contributed by atoms with Gasteiger partial charge in [0.25, 0.3) is 0 Å². The Morgan fingerprint density at radius 1 is 1.40 bits per heavy atom. The van der Waals surface area contributed by atoms with Gasteiger partial charge in [0.05, 0.1) is 0 Å². The van der Waals surface area contributed by atoms with Crippen LogP contribution in [0.5, 0.6) is 0 Å². The molecule has 0 N–H and O–H groups in total. The molecule has 0 aromatic heterocycles. The Morgan fingerprint density at radius 3 is 2.20 bits per heavy atom. The molecular weight excluding hydrogens is 231 g/mol. The Hall–Kier alpha value is 0.0287. The van der Waals surface area contributed by atoms with Gasteiger partial charge in [-0.1, -0.05) is 0 Å². The van der Waals surface area contributed by atoms with E-state index >= 15 is 0 Å². The van der Waals surface area contributed by atoms with Crippen molar-refractivity contribution in [2.24, 2.45) is 0 Å². The van der Waals surface area contributed by atoms with Crippen molar-refractivity contribution in [2.45, 2.75) is 28.2 Å². The van der Waals surface area contributed by atoms with Crippen LogP contribution in [0.4, 0.5) is 0 Å². The number of rotatable bonds is 1. The van der Waals surface area contributed by atoms with E-state index in [1.807, 2.05) is 6.92 Å². The van der Waals surface area contributed by atoms with Crippen molar-refractivity contribution >= 4 is 24.2 Å². The van der Waals surface area contributed by atoms with E-state index in [2.05, 4.69) is 24.7 Å². The van der Waals surface area contributed by atoms with Crippen LogP contribution in [0, 0.1) is 9.86 Å². The number of hydrogen-bond donors (Lipinski definition) is 0. The maximum atomic E-state index is 10.7. The van der Waals surface area contributed by atoms with Gasteiger partial charge in [-0.2, -0.15) is 0 Å². The first-order valence-corrected chi connectivity index (χ1v) is 13.5. The van der Waals surface area contributed by atoms with Gasteiger partial charge >= 0.3 is 67.0 Å². The van der Waals surface area contributed by atoms with Gasteiger partial charge in [-0.3, -0.25) is 0 Å². The summed E-state index contributed by atoms with van der Waals surface area (Å²) in [7, 11) is 0. The molecule has 0 saturated heterocycles. The van der Waals surface area contributed by atoms with Crippen molar-refractivity contribution in [1.29, 1.82) is 0 Å². The number of ketones is 1. The second kappa shape index (κ2) is 4.02. The van der Waals surface area contributed by atoms with E-state index < -0.39 is 18.4 Å². The second-order valence-corrected chi connectivity index (χ2v) is 16.8. The molecule has 0 aromatic carbocycles. The van der Waals surface area contributed by atoms with Crippen molar-refractivity contribution < 1.29 is 4.79 Å². The molecule has 0 atom stereocenters. The second-order valence-electron chi connectivity index (χ2n) is 3.28. The summed E-state index contributed by atoms with van der Waals surface area (Å²) in [5, 5.41) is 0. The molecule has 0 saturated carbocycles. The minimum atomic E-state index is -1.97. The monoisotopic (exact) mass is 246 g/mol. The molecule has 0 bridgehead atoms. The average Bonchev–Trinajstić information content (AvgIpc) is 1.81. The van der Waals surface area contributed by atoms with Crippen LogP contribution in [-0.2, 0) is 4.79 Å². The van der Waals surface area contributed by atoms with Crippen LogP contribution in [0.3, 0.4) is 0 Å². The van der Waals surface area contributed by atoms with Crippen molar-refractivity contribution in [3.63, 3.8) is 0 Å². The van der Waals surface area contributed by atoms with Gasteiger partial charge in [0.15, 0.2) is 0 Å². The van der Waals surface area contributed by atoms with E-state index in [0.29, 0.717) is 6.42 Å². The number of hydrogen-bond acceptors (Lipinski definition) is 1. The third-order valence-electron chi connectivity index (χ3n) is 0.898. The molecule has 0 heterocycles. The Bertz CT molecular complexity index is 178. The van der Waals surface area contributed by atoms with Crippen LogP contribution in [0.2, 0.25) is 14.8 Å². The zero-order valence-electron chi connectivity index (χ0n) is 7.12. The van der Waals surface area contributed by atoms with Crippen molar-refractivity contribution in [3.05, 3.63) is 0 Å². The Morgan fingerprint density at radius 2 is 1.90 bits per heavy atom. The fourth-order valence-electron chi connectivity index (χ4n) is 0.346. The van der Waals surface area contributed by atoms with E-state index in [4.69, 9.17) is 0 Å². The molecule has 0 aliphatic heterocycles. The van der Waals surface area contributed by atoms with Crippen LogP contribution in [0.1, 0.15) is 13.3 Å². The average molecular weight is 245 g/mol. The summed E-state index contributed by atoms with van der Waals surface area (Å²) in [6.07, 6.45) is 0.551. The van der Waals surface area contributed by atoms with Crippen molar-refractivity contribution in [3.8, 4) is 9.86 Å². The molecule has 0 radical (unpaired) electrons. The first-order chi connectivity index (χ1) is 4.45.